The molecule has 1 aromatic heterocycles. The summed E-state index contributed by atoms with van der Waals surface area (Å²) in [6.45, 7) is 5.86. The molecular weight excluding hydrogens is 294 g/mol. The molecule has 0 aliphatic carbocycles. The highest BCUT2D eigenvalue weighted by molar-refractivity contribution is 7.85. The first-order valence-corrected chi connectivity index (χ1v) is 8.29. The number of rotatable bonds is 3. The lowest BCUT2D eigenvalue weighted by molar-refractivity contribution is 0.0658. The Hall–Kier alpha value is -1.63. The molecule has 1 aromatic rings. The SMILES string of the molecule is CCc1oc(C(=O)N2CCS(=O)C(C)C2C)cc1C(=O)O. The second kappa shape index (κ2) is 6.01. The van der Waals surface area contributed by atoms with Gasteiger partial charge >= 0.3 is 5.97 Å². The van der Waals surface area contributed by atoms with Crippen molar-refractivity contribution in [3.05, 3.63) is 23.2 Å². The minimum atomic E-state index is -1.10. The fourth-order valence-corrected chi connectivity index (χ4v) is 3.79. The summed E-state index contributed by atoms with van der Waals surface area (Å²) in [5.41, 5.74) is 0.0298. The second-order valence-electron chi connectivity index (χ2n) is 5.14. The van der Waals surface area contributed by atoms with Crippen molar-refractivity contribution in [3.8, 4) is 0 Å². The fourth-order valence-electron chi connectivity index (χ4n) is 2.46. The third kappa shape index (κ3) is 2.88. The van der Waals surface area contributed by atoms with E-state index in [0.717, 1.165) is 0 Å². The van der Waals surface area contributed by atoms with Crippen LogP contribution in [0.2, 0.25) is 0 Å². The predicted octanol–water partition coefficient (Wildman–Crippen LogP) is 1.52. The van der Waals surface area contributed by atoms with E-state index in [1.807, 2.05) is 13.8 Å². The minimum absolute atomic E-state index is 0.0298. The number of carbonyl (C=O) groups excluding carboxylic acids is 1. The monoisotopic (exact) mass is 313 g/mol. The third-order valence-electron chi connectivity index (χ3n) is 3.95. The first kappa shape index (κ1) is 15.8. The molecule has 1 fully saturated rings. The maximum Gasteiger partial charge on any atom is 0.339 e. The summed E-state index contributed by atoms with van der Waals surface area (Å²) in [4.78, 5) is 25.2. The van der Waals surface area contributed by atoms with Crippen molar-refractivity contribution in [1.82, 2.24) is 4.90 Å². The van der Waals surface area contributed by atoms with Crippen LogP contribution in [-0.4, -0.2) is 49.7 Å². The van der Waals surface area contributed by atoms with Gasteiger partial charge in [0.15, 0.2) is 5.76 Å². The molecule has 0 aromatic carbocycles. The van der Waals surface area contributed by atoms with Gasteiger partial charge in [-0.15, -0.1) is 0 Å². The minimum Gasteiger partial charge on any atom is -0.478 e. The molecule has 3 unspecified atom stereocenters. The quantitative estimate of drug-likeness (QED) is 0.914. The number of aryl methyl sites for hydroxylation is 1. The number of carbonyl (C=O) groups is 2. The highest BCUT2D eigenvalue weighted by atomic mass is 32.2. The number of amides is 1. The van der Waals surface area contributed by atoms with E-state index in [4.69, 9.17) is 9.52 Å². The highest BCUT2D eigenvalue weighted by Gasteiger charge is 2.35. The molecule has 1 N–H and O–H groups in total. The molecule has 3 atom stereocenters. The van der Waals surface area contributed by atoms with E-state index in [1.165, 1.54) is 6.07 Å². The van der Waals surface area contributed by atoms with Crippen LogP contribution in [0, 0.1) is 0 Å². The molecule has 0 saturated carbocycles. The zero-order valence-electron chi connectivity index (χ0n) is 12.3. The number of nitrogens with zero attached hydrogens (tertiary/aromatic N) is 1. The molecule has 1 amide bonds. The van der Waals surface area contributed by atoms with Gasteiger partial charge in [0, 0.05) is 41.6 Å². The molecule has 1 aliphatic heterocycles. The number of hydrogen-bond donors (Lipinski definition) is 1. The Bertz CT molecular complexity index is 594. The fraction of sp³-hybridized carbons (Fsp3) is 0.571. The summed E-state index contributed by atoms with van der Waals surface area (Å²) in [5, 5.41) is 9.00. The Morgan fingerprint density at radius 1 is 1.48 bits per heavy atom. The summed E-state index contributed by atoms with van der Waals surface area (Å²) in [6, 6.07) is 1.11. The van der Waals surface area contributed by atoms with Crippen LogP contribution in [0.1, 0.15) is 47.4 Å². The molecule has 1 saturated heterocycles. The van der Waals surface area contributed by atoms with Gasteiger partial charge in [0.1, 0.15) is 11.3 Å². The van der Waals surface area contributed by atoms with Gasteiger partial charge in [0.05, 0.1) is 5.25 Å². The summed E-state index contributed by atoms with van der Waals surface area (Å²) in [5.74, 6) is -0.670. The molecule has 116 valence electrons. The van der Waals surface area contributed by atoms with E-state index in [0.29, 0.717) is 24.5 Å². The van der Waals surface area contributed by atoms with E-state index in [2.05, 4.69) is 0 Å². The van der Waals surface area contributed by atoms with Gasteiger partial charge in [-0.3, -0.25) is 9.00 Å². The van der Waals surface area contributed by atoms with Crippen molar-refractivity contribution in [1.29, 1.82) is 0 Å². The lowest BCUT2D eigenvalue weighted by Gasteiger charge is -2.36. The Kier molecular flexibility index (Phi) is 4.51. The number of furan rings is 1. The average molecular weight is 313 g/mol. The second-order valence-corrected chi connectivity index (χ2v) is 7.05. The Balaban J connectivity index is 2.28. The number of carboxylic acid groups (broad SMARTS) is 1. The van der Waals surface area contributed by atoms with Crippen molar-refractivity contribution in [3.63, 3.8) is 0 Å². The van der Waals surface area contributed by atoms with Gasteiger partial charge in [-0.05, 0) is 13.8 Å². The number of aromatic carboxylic acids is 1. The smallest absolute Gasteiger partial charge is 0.339 e. The standard InChI is InChI=1S/C14H19NO5S/c1-4-11-10(14(17)18)7-12(20-11)13(16)15-5-6-21(19)9(3)8(15)2/h7-9H,4-6H2,1-3H3,(H,17,18). The van der Waals surface area contributed by atoms with Crippen molar-refractivity contribution < 1.29 is 23.3 Å². The number of carboxylic acids is 1. The maximum absolute atomic E-state index is 12.5. The average Bonchev–Trinajstić information content (AvgIpc) is 2.89. The van der Waals surface area contributed by atoms with Crippen LogP contribution in [0.25, 0.3) is 0 Å². The normalized spacial score (nSPS) is 25.9. The summed E-state index contributed by atoms with van der Waals surface area (Å²) in [7, 11) is -0.935. The molecule has 6 nitrogen and oxygen atoms in total. The lowest BCUT2D eigenvalue weighted by Crippen LogP contribution is -2.52. The van der Waals surface area contributed by atoms with Crippen LogP contribution >= 0.6 is 0 Å². The Labute approximate surface area is 125 Å². The first-order valence-electron chi connectivity index (χ1n) is 6.91. The zero-order valence-corrected chi connectivity index (χ0v) is 13.1. The summed E-state index contributed by atoms with van der Waals surface area (Å²) >= 11 is 0. The van der Waals surface area contributed by atoms with Crippen LogP contribution in [0.4, 0.5) is 0 Å². The van der Waals surface area contributed by atoms with Crippen LogP contribution in [0.5, 0.6) is 0 Å². The molecule has 21 heavy (non-hydrogen) atoms. The molecule has 0 bridgehead atoms. The van der Waals surface area contributed by atoms with Crippen molar-refractivity contribution >= 4 is 22.7 Å². The molecule has 0 spiro atoms. The zero-order chi connectivity index (χ0) is 15.7. The molecular formula is C14H19NO5S. The van der Waals surface area contributed by atoms with E-state index < -0.39 is 16.8 Å². The van der Waals surface area contributed by atoms with Gasteiger partial charge in [0.25, 0.3) is 5.91 Å². The van der Waals surface area contributed by atoms with Gasteiger partial charge in [-0.2, -0.15) is 0 Å². The van der Waals surface area contributed by atoms with Gasteiger partial charge in [0.2, 0.25) is 0 Å². The van der Waals surface area contributed by atoms with E-state index in [9.17, 15) is 13.8 Å². The Morgan fingerprint density at radius 3 is 2.67 bits per heavy atom. The molecule has 1 aliphatic rings. The van der Waals surface area contributed by atoms with Crippen LogP contribution in [0.3, 0.4) is 0 Å². The largest absolute Gasteiger partial charge is 0.478 e. The maximum atomic E-state index is 12.5. The van der Waals surface area contributed by atoms with Crippen LogP contribution < -0.4 is 0 Å². The van der Waals surface area contributed by atoms with E-state index in [1.54, 1.807) is 11.8 Å². The highest BCUT2D eigenvalue weighted by Crippen LogP contribution is 2.22. The van der Waals surface area contributed by atoms with Gasteiger partial charge in [-0.25, -0.2) is 4.79 Å². The van der Waals surface area contributed by atoms with Crippen molar-refractivity contribution in [2.45, 2.75) is 38.5 Å². The Morgan fingerprint density at radius 2 is 2.14 bits per heavy atom. The lowest BCUT2D eigenvalue weighted by atomic mass is 10.1. The summed E-state index contributed by atoms with van der Waals surface area (Å²) in [6.07, 6.45) is 0.408. The van der Waals surface area contributed by atoms with Gasteiger partial charge in [-0.1, -0.05) is 6.92 Å². The number of hydrogen-bond acceptors (Lipinski definition) is 4. The molecule has 7 heteroatoms. The van der Waals surface area contributed by atoms with Crippen molar-refractivity contribution in [2.75, 3.05) is 12.3 Å². The molecule has 2 heterocycles. The van der Waals surface area contributed by atoms with E-state index >= 15 is 0 Å². The predicted molar refractivity (Wildman–Crippen MR) is 78.0 cm³/mol. The summed E-state index contributed by atoms with van der Waals surface area (Å²) < 4.78 is 17.2. The molecule has 0 radical (unpaired) electrons. The van der Waals surface area contributed by atoms with E-state index in [-0.39, 0.29) is 28.5 Å². The van der Waals surface area contributed by atoms with Gasteiger partial charge < -0.3 is 14.4 Å². The third-order valence-corrected chi connectivity index (χ3v) is 5.76. The molecule has 2 rings (SSSR count). The van der Waals surface area contributed by atoms with Crippen molar-refractivity contribution in [2.24, 2.45) is 0 Å². The van der Waals surface area contributed by atoms with Crippen LogP contribution in [-0.2, 0) is 17.2 Å². The van der Waals surface area contributed by atoms with Crippen LogP contribution in [0.15, 0.2) is 10.5 Å². The first-order chi connectivity index (χ1) is 9.86. The topological polar surface area (TPSA) is 87.8 Å².